The van der Waals surface area contributed by atoms with Gasteiger partial charge >= 0.3 is 0 Å². The van der Waals surface area contributed by atoms with Gasteiger partial charge in [0.25, 0.3) is 5.69 Å². The van der Waals surface area contributed by atoms with Gasteiger partial charge in [0.15, 0.2) is 0 Å². The molecule has 0 saturated carbocycles. The average molecular weight is 553 g/mol. The van der Waals surface area contributed by atoms with E-state index in [1.807, 2.05) is 23.1 Å². The van der Waals surface area contributed by atoms with Crippen LogP contribution in [0.1, 0.15) is 25.7 Å². The smallest absolute Gasteiger partial charge is 0.273 e. The number of benzene rings is 2. The number of nitro benzene ring substituents is 1. The summed E-state index contributed by atoms with van der Waals surface area (Å²) in [5.41, 5.74) is 10.1. The van der Waals surface area contributed by atoms with E-state index in [9.17, 15) is 19.7 Å². The van der Waals surface area contributed by atoms with Gasteiger partial charge < -0.3 is 34.8 Å². The molecule has 0 spiro atoms. The molecular weight excluding hydrogens is 516 g/mol. The summed E-state index contributed by atoms with van der Waals surface area (Å²) < 4.78 is 10.7. The summed E-state index contributed by atoms with van der Waals surface area (Å²) in [6, 6.07) is 10.8. The van der Waals surface area contributed by atoms with Crippen LogP contribution in [0.3, 0.4) is 0 Å². The number of carbonyl (C=O) groups is 2. The summed E-state index contributed by atoms with van der Waals surface area (Å²) in [5, 5.41) is 11.1. The largest absolute Gasteiger partial charge is 0.399 e. The Morgan fingerprint density at radius 1 is 0.650 bits per heavy atom. The number of hydrogen-bond donors (Lipinski definition) is 1. The second-order valence-corrected chi connectivity index (χ2v) is 10.2. The van der Waals surface area contributed by atoms with Crippen molar-refractivity contribution in [3.63, 3.8) is 0 Å². The average Bonchev–Trinajstić information content (AvgIpc) is 3.61. The van der Waals surface area contributed by atoms with Gasteiger partial charge in [0.2, 0.25) is 11.8 Å². The van der Waals surface area contributed by atoms with Gasteiger partial charge in [-0.3, -0.25) is 19.7 Å². The van der Waals surface area contributed by atoms with Crippen LogP contribution in [-0.2, 0) is 19.1 Å². The quantitative estimate of drug-likeness (QED) is 0.337. The molecule has 6 rings (SSSR count). The highest BCUT2D eigenvalue weighted by Crippen LogP contribution is 2.32. The lowest BCUT2D eigenvalue weighted by Crippen LogP contribution is -2.36. The molecule has 4 heterocycles. The Kier molecular flexibility index (Phi) is 8.66. The van der Waals surface area contributed by atoms with E-state index < -0.39 is 4.92 Å². The topological polar surface area (TPSA) is 135 Å². The predicted molar refractivity (Wildman–Crippen MR) is 153 cm³/mol. The first kappa shape index (κ1) is 27.7. The number of nitro groups is 1. The first-order valence-electron chi connectivity index (χ1n) is 13.9. The first-order chi connectivity index (χ1) is 19.4. The van der Waals surface area contributed by atoms with E-state index in [4.69, 9.17) is 15.2 Å². The van der Waals surface area contributed by atoms with E-state index in [0.717, 1.165) is 62.8 Å². The molecule has 0 unspecified atom stereocenters. The Morgan fingerprint density at radius 3 is 1.52 bits per heavy atom. The normalized spacial score (nSPS) is 19.6. The molecule has 2 amide bonds. The lowest BCUT2D eigenvalue weighted by Gasteiger charge is -2.30. The van der Waals surface area contributed by atoms with E-state index in [2.05, 4.69) is 15.9 Å². The molecule has 2 aromatic rings. The van der Waals surface area contributed by atoms with Gasteiger partial charge in [0, 0.05) is 87.0 Å². The van der Waals surface area contributed by atoms with Crippen molar-refractivity contribution < 1.29 is 24.0 Å². The van der Waals surface area contributed by atoms with Gasteiger partial charge in [0.1, 0.15) is 0 Å². The van der Waals surface area contributed by atoms with Crippen LogP contribution < -0.4 is 25.3 Å². The maximum atomic E-state index is 11.9. The number of nitrogens with zero attached hydrogens (tertiary/aromatic N) is 5. The zero-order chi connectivity index (χ0) is 28.1. The Hall–Kier alpha value is -3.90. The van der Waals surface area contributed by atoms with Gasteiger partial charge in [-0.25, -0.2) is 0 Å². The molecular formula is C28H36N6O6. The summed E-state index contributed by atoms with van der Waals surface area (Å²) in [6.07, 6.45) is 2.88. The van der Waals surface area contributed by atoms with E-state index in [-0.39, 0.29) is 17.5 Å². The van der Waals surface area contributed by atoms with Gasteiger partial charge in [-0.1, -0.05) is 0 Å². The number of amides is 2. The fourth-order valence-corrected chi connectivity index (χ4v) is 5.47. The van der Waals surface area contributed by atoms with Crippen molar-refractivity contribution in [2.75, 3.05) is 91.0 Å². The third kappa shape index (κ3) is 6.45. The number of anilines is 5. The summed E-state index contributed by atoms with van der Waals surface area (Å²) in [4.78, 5) is 42.2. The zero-order valence-corrected chi connectivity index (χ0v) is 22.6. The molecule has 12 heteroatoms. The van der Waals surface area contributed by atoms with E-state index in [1.54, 1.807) is 11.0 Å². The van der Waals surface area contributed by atoms with Gasteiger partial charge in [-0.2, -0.15) is 0 Å². The van der Waals surface area contributed by atoms with E-state index >= 15 is 0 Å². The molecule has 4 saturated heterocycles. The highest BCUT2D eigenvalue weighted by Gasteiger charge is 2.26. The Labute approximate surface area is 233 Å². The van der Waals surface area contributed by atoms with Gasteiger partial charge in [-0.15, -0.1) is 0 Å². The number of rotatable bonds is 5. The maximum Gasteiger partial charge on any atom is 0.273 e. The van der Waals surface area contributed by atoms with Crippen LogP contribution in [0.4, 0.5) is 34.1 Å². The van der Waals surface area contributed by atoms with Crippen molar-refractivity contribution in [2.24, 2.45) is 0 Å². The van der Waals surface area contributed by atoms with Crippen LogP contribution in [0.25, 0.3) is 0 Å². The molecule has 4 fully saturated rings. The molecule has 40 heavy (non-hydrogen) atoms. The van der Waals surface area contributed by atoms with Crippen molar-refractivity contribution >= 4 is 45.9 Å². The SMILES string of the molecule is Nc1cc(N2CCOCC2)cc(N2CCCC2=O)c1.O=C1CCCN1c1cc(N2CCOCC2)cc([N+](=O)[O-])c1. The fourth-order valence-electron chi connectivity index (χ4n) is 5.47. The number of nitrogens with two attached hydrogens (primary N) is 1. The lowest BCUT2D eigenvalue weighted by molar-refractivity contribution is -0.384. The molecule has 4 aliphatic heterocycles. The second-order valence-electron chi connectivity index (χ2n) is 10.2. The third-order valence-electron chi connectivity index (χ3n) is 7.55. The number of nitrogen functional groups attached to an aromatic ring is 1. The van der Waals surface area contributed by atoms with Crippen LogP contribution in [0.5, 0.6) is 0 Å². The monoisotopic (exact) mass is 552 g/mol. The van der Waals surface area contributed by atoms with E-state index in [0.29, 0.717) is 57.1 Å². The number of carbonyl (C=O) groups excluding carboxylic acids is 2. The number of non-ortho nitro benzene ring substituents is 1. The van der Waals surface area contributed by atoms with Crippen molar-refractivity contribution in [3.05, 3.63) is 46.5 Å². The number of morpholine rings is 2. The van der Waals surface area contributed by atoms with Crippen LogP contribution in [0.2, 0.25) is 0 Å². The third-order valence-corrected chi connectivity index (χ3v) is 7.55. The van der Waals surface area contributed by atoms with Crippen LogP contribution in [-0.4, -0.2) is 82.4 Å². The van der Waals surface area contributed by atoms with Gasteiger partial charge in [0.05, 0.1) is 37.0 Å². The lowest BCUT2D eigenvalue weighted by atomic mass is 10.2. The molecule has 2 aromatic carbocycles. The van der Waals surface area contributed by atoms with Crippen molar-refractivity contribution in [1.29, 1.82) is 0 Å². The highest BCUT2D eigenvalue weighted by atomic mass is 16.6. The molecule has 0 aliphatic carbocycles. The second kappa shape index (κ2) is 12.5. The molecule has 0 bridgehead atoms. The maximum absolute atomic E-state index is 11.9. The minimum atomic E-state index is -0.409. The molecule has 214 valence electrons. The molecule has 2 N–H and O–H groups in total. The Morgan fingerprint density at radius 2 is 1.07 bits per heavy atom. The first-order valence-corrected chi connectivity index (χ1v) is 13.9. The van der Waals surface area contributed by atoms with Crippen LogP contribution in [0.15, 0.2) is 36.4 Å². The van der Waals surface area contributed by atoms with Gasteiger partial charge in [-0.05, 0) is 37.1 Å². The van der Waals surface area contributed by atoms with E-state index in [1.165, 1.54) is 6.07 Å². The Balaban J connectivity index is 0.000000162. The molecule has 4 aliphatic rings. The van der Waals surface area contributed by atoms with Crippen LogP contribution >= 0.6 is 0 Å². The molecule has 12 nitrogen and oxygen atoms in total. The molecule has 0 aromatic heterocycles. The summed E-state index contributed by atoms with van der Waals surface area (Å²) in [7, 11) is 0. The minimum Gasteiger partial charge on any atom is -0.399 e. The van der Waals surface area contributed by atoms with Crippen LogP contribution in [0, 0.1) is 10.1 Å². The standard InChI is InChI=1S/C14H17N3O4.C14H19N3O2/c18-14-2-1-3-16(14)12-8-11(9-13(10-12)17(19)20)15-4-6-21-7-5-15;15-11-8-12(16-4-6-19-7-5-16)10-13(9-11)17-3-1-2-14(17)18/h8-10H,1-7H2;8-10H,1-7,15H2. The van der Waals surface area contributed by atoms with Crippen molar-refractivity contribution in [1.82, 2.24) is 0 Å². The molecule has 0 radical (unpaired) electrons. The number of ether oxygens (including phenoxy) is 2. The summed E-state index contributed by atoms with van der Waals surface area (Å²) >= 11 is 0. The Bertz CT molecular complexity index is 1240. The van der Waals surface area contributed by atoms with Crippen molar-refractivity contribution in [2.45, 2.75) is 25.7 Å². The predicted octanol–water partition coefficient (Wildman–Crippen LogP) is 2.79. The number of hydrogen-bond acceptors (Lipinski definition) is 9. The minimum absolute atomic E-state index is 0.0219. The highest BCUT2D eigenvalue weighted by molar-refractivity contribution is 5.97. The van der Waals surface area contributed by atoms with Crippen molar-refractivity contribution in [3.8, 4) is 0 Å². The summed E-state index contributed by atoms with van der Waals surface area (Å²) in [5.74, 6) is 0.224. The zero-order valence-electron chi connectivity index (χ0n) is 22.6. The fraction of sp³-hybridized carbons (Fsp3) is 0.500. The molecule has 0 atom stereocenters. The summed E-state index contributed by atoms with van der Waals surface area (Å²) in [6.45, 7) is 7.28.